The van der Waals surface area contributed by atoms with Gasteiger partial charge in [0.05, 0.1) is 6.04 Å². The molecule has 12 heteroatoms. The molecule has 0 spiro atoms. The summed E-state index contributed by atoms with van der Waals surface area (Å²) in [5, 5.41) is 10.5. The predicted octanol–water partition coefficient (Wildman–Crippen LogP) is -3.01. The van der Waals surface area contributed by atoms with E-state index in [0.29, 0.717) is 20.7 Å². The Kier molecular flexibility index (Phi) is 5.63. The van der Waals surface area contributed by atoms with E-state index in [9.17, 15) is 23.1 Å². The normalized spacial score (nSPS) is 26.9. The third-order valence-electron chi connectivity index (χ3n) is 4.74. The third kappa shape index (κ3) is 3.40. The number of carbonyl (C=O) groups excluding carboxylic acids is 2. The van der Waals surface area contributed by atoms with E-state index < -0.39 is 34.3 Å². The molecule has 0 unspecified atom stereocenters. The van der Waals surface area contributed by atoms with Crippen molar-refractivity contribution >= 4 is 38.9 Å². The molecule has 9 nitrogen and oxygen atoms in total. The zero-order valence-corrected chi connectivity index (χ0v) is 18.0. The molecule has 3 heterocycles. The zero-order chi connectivity index (χ0) is 18.6. The fourth-order valence-corrected chi connectivity index (χ4v) is 5.52. The average Bonchev–Trinajstić information content (AvgIpc) is 3.18. The van der Waals surface area contributed by atoms with Gasteiger partial charge in [0.15, 0.2) is 0 Å². The maximum atomic E-state index is 12.8. The second-order valence-corrected chi connectivity index (χ2v) is 8.52. The molecule has 2 N–H and O–H groups in total. The van der Waals surface area contributed by atoms with Gasteiger partial charge in [0.25, 0.3) is 5.91 Å². The van der Waals surface area contributed by atoms with Gasteiger partial charge in [-0.3, -0.25) is 19.1 Å². The first-order chi connectivity index (χ1) is 12.3. The van der Waals surface area contributed by atoms with E-state index in [4.69, 9.17) is 4.55 Å². The summed E-state index contributed by atoms with van der Waals surface area (Å²) in [5.74, 6) is -0.684. The Hall–Kier alpha value is -1.11. The number of rotatable bonds is 3. The van der Waals surface area contributed by atoms with Crippen molar-refractivity contribution in [2.75, 3.05) is 12.3 Å². The number of thioether (sulfide) groups is 1. The maximum absolute atomic E-state index is 12.8. The van der Waals surface area contributed by atoms with Crippen LogP contribution in [0.3, 0.4) is 0 Å². The van der Waals surface area contributed by atoms with E-state index in [1.54, 1.807) is 18.2 Å². The van der Waals surface area contributed by atoms with Crippen LogP contribution in [0.4, 0.5) is 0 Å². The first-order valence-corrected chi connectivity index (χ1v) is 10.3. The summed E-state index contributed by atoms with van der Waals surface area (Å²) >= 11 is 1.34. The average molecular weight is 421 g/mol. The van der Waals surface area contributed by atoms with E-state index in [0.717, 1.165) is 0 Å². The first kappa shape index (κ1) is 20.6. The van der Waals surface area contributed by atoms with Gasteiger partial charge in [0, 0.05) is 17.9 Å². The second kappa shape index (κ2) is 7.37. The quantitative estimate of drug-likeness (QED) is 0.302. The molecule has 1 aromatic carbocycles. The zero-order valence-electron chi connectivity index (χ0n) is 15.3. The minimum Gasteiger partial charge on any atom is -1.00 e. The van der Waals surface area contributed by atoms with Crippen molar-refractivity contribution in [1.29, 1.82) is 0 Å². The van der Waals surface area contributed by atoms with Crippen molar-refractivity contribution in [3.05, 3.63) is 29.8 Å². The molecule has 2 amide bonds. The van der Waals surface area contributed by atoms with Crippen molar-refractivity contribution in [3.8, 4) is 5.75 Å². The van der Waals surface area contributed by atoms with Crippen LogP contribution in [0.1, 0.15) is 13.4 Å². The summed E-state index contributed by atoms with van der Waals surface area (Å²) in [7, 11) is -4.60. The summed E-state index contributed by atoms with van der Waals surface area (Å²) in [5.41, 5.74) is 0.546. The van der Waals surface area contributed by atoms with Gasteiger partial charge >= 0.3 is 39.9 Å². The molecule has 1 aromatic rings. The van der Waals surface area contributed by atoms with Crippen molar-refractivity contribution in [2.24, 2.45) is 4.99 Å². The Morgan fingerprint density at radius 2 is 2.04 bits per heavy atom. The van der Waals surface area contributed by atoms with Crippen LogP contribution < -0.4 is 29.6 Å². The van der Waals surface area contributed by atoms with E-state index in [-0.39, 0.29) is 55.6 Å². The van der Waals surface area contributed by atoms with Gasteiger partial charge in [-0.1, -0.05) is 12.1 Å². The fourth-order valence-electron chi connectivity index (χ4n) is 3.56. The minimum absolute atomic E-state index is 0. The van der Waals surface area contributed by atoms with Crippen LogP contribution >= 0.6 is 11.8 Å². The number of aromatic hydroxyl groups is 1. The molecule has 3 aliphatic heterocycles. The van der Waals surface area contributed by atoms with Gasteiger partial charge < -0.3 is 11.4 Å². The maximum Gasteiger partial charge on any atom is 1.00 e. The molecule has 4 rings (SSSR count). The van der Waals surface area contributed by atoms with Crippen molar-refractivity contribution in [1.82, 2.24) is 9.21 Å². The number of fused-ring (bicyclic) bond motifs is 1. The number of nitrogens with zero attached hydrogens (tertiary/aromatic N) is 3. The third-order valence-corrected chi connectivity index (χ3v) is 6.77. The Labute approximate surface area is 183 Å². The summed E-state index contributed by atoms with van der Waals surface area (Å²) in [6, 6.07) is 4.43. The number of para-hydroxylation sites is 1. The van der Waals surface area contributed by atoms with Crippen molar-refractivity contribution in [2.45, 2.75) is 24.5 Å². The van der Waals surface area contributed by atoms with Crippen LogP contribution in [0.5, 0.6) is 5.75 Å². The molecule has 0 aliphatic carbocycles. The second-order valence-electron chi connectivity index (χ2n) is 6.22. The number of amides is 2. The monoisotopic (exact) mass is 421 g/mol. The SMILES string of the molecule is O=C([C@H]1CSC(c2ccccc2O)=N1)N1CC[C@@H]2[C@H]1C(=O)N2S(=O)(=O)O.[H-].[Na+]. The molecule has 2 saturated heterocycles. The Bertz CT molecular complexity index is 943. The number of hydrogen-bond acceptors (Lipinski definition) is 7. The van der Waals surface area contributed by atoms with Crippen LogP contribution in [0.15, 0.2) is 29.3 Å². The molecule has 0 saturated carbocycles. The van der Waals surface area contributed by atoms with Crippen LogP contribution in [-0.4, -0.2) is 74.6 Å². The van der Waals surface area contributed by atoms with Crippen LogP contribution in [0.2, 0.25) is 0 Å². The number of aliphatic imine (C=N–C) groups is 1. The largest absolute Gasteiger partial charge is 1.00 e. The molecular formula is C15H16N3NaO6S2. The van der Waals surface area contributed by atoms with Crippen molar-refractivity contribution in [3.63, 3.8) is 0 Å². The van der Waals surface area contributed by atoms with E-state index in [2.05, 4.69) is 4.99 Å². The minimum atomic E-state index is -4.60. The predicted molar refractivity (Wildman–Crippen MR) is 94.3 cm³/mol. The standard InChI is InChI=1S/C15H15N3O6S2.Na.H/c19-11-4-2-1-3-8(11)13-16-9(7-25-13)14(20)17-6-5-10-12(17)15(21)18(10)26(22,23)24;;/h1-4,9-10,12,19H,5-7H2,(H,22,23,24);;/q;+1;-1/t9-,10-,12+;;/m1../s1. The first-order valence-electron chi connectivity index (χ1n) is 7.89. The van der Waals surface area contributed by atoms with E-state index in [1.165, 1.54) is 22.7 Å². The Balaban J connectivity index is 0.00000140. The molecule has 0 bridgehead atoms. The van der Waals surface area contributed by atoms with Crippen LogP contribution in [-0.2, 0) is 19.9 Å². The Morgan fingerprint density at radius 1 is 1.33 bits per heavy atom. The molecular weight excluding hydrogens is 405 g/mol. The van der Waals surface area contributed by atoms with Crippen LogP contribution in [0.25, 0.3) is 0 Å². The molecule has 2 fully saturated rings. The fraction of sp³-hybridized carbons (Fsp3) is 0.400. The summed E-state index contributed by atoms with van der Waals surface area (Å²) in [4.78, 5) is 30.6. The molecule has 0 radical (unpaired) electrons. The number of phenols is 1. The van der Waals surface area contributed by atoms with Gasteiger partial charge in [-0.05, 0) is 18.6 Å². The van der Waals surface area contributed by atoms with Gasteiger partial charge in [-0.15, -0.1) is 11.8 Å². The number of carbonyl (C=O) groups is 2. The van der Waals surface area contributed by atoms with E-state index in [1.807, 2.05) is 0 Å². The molecule has 0 aromatic heterocycles. The Morgan fingerprint density at radius 3 is 2.70 bits per heavy atom. The van der Waals surface area contributed by atoms with Crippen LogP contribution in [0, 0.1) is 0 Å². The number of phenolic OH excluding ortho intramolecular Hbond substituents is 1. The van der Waals surface area contributed by atoms with Gasteiger partial charge in [-0.25, -0.2) is 4.31 Å². The number of likely N-dealkylation sites (tertiary alicyclic amines) is 1. The summed E-state index contributed by atoms with van der Waals surface area (Å²) < 4.78 is 32.0. The summed E-state index contributed by atoms with van der Waals surface area (Å²) in [6.45, 7) is 0.231. The smallest absolute Gasteiger partial charge is 1.00 e. The number of benzene rings is 1. The van der Waals surface area contributed by atoms with Gasteiger partial charge in [0.2, 0.25) is 5.91 Å². The molecule has 3 aliphatic rings. The topological polar surface area (TPSA) is 128 Å². The van der Waals surface area contributed by atoms with Crippen molar-refractivity contribution < 1.29 is 58.7 Å². The van der Waals surface area contributed by atoms with E-state index >= 15 is 0 Å². The summed E-state index contributed by atoms with van der Waals surface area (Å²) in [6.07, 6.45) is 0.290. The molecule has 140 valence electrons. The van der Waals surface area contributed by atoms with Gasteiger partial charge in [-0.2, -0.15) is 8.42 Å². The molecule has 27 heavy (non-hydrogen) atoms. The van der Waals surface area contributed by atoms with Gasteiger partial charge in [0.1, 0.15) is 22.9 Å². The number of hydrogen-bond donors (Lipinski definition) is 2. The molecule has 3 atom stereocenters. The number of β-lactam (4-membered cyclic amide) rings is 1.